The highest BCUT2D eigenvalue weighted by atomic mass is 16.7. The standard InChI is InChI=1S/C21H24N2O5/c1-14-4-5-16(13-17(14)22-19(24)18-3-2-10-26-18)20(25)23-8-6-15(7-9-23)21-27-11-12-28-21/h2-5,10,13,15,21H,6-9,11-12H2,1H3,(H,22,24). The van der Waals surface area contributed by atoms with Crippen LogP contribution in [0.1, 0.15) is 39.3 Å². The highest BCUT2D eigenvalue weighted by Gasteiger charge is 2.32. The molecule has 2 aromatic rings. The zero-order valence-electron chi connectivity index (χ0n) is 15.8. The van der Waals surface area contributed by atoms with Crippen molar-refractivity contribution in [2.75, 3.05) is 31.6 Å². The summed E-state index contributed by atoms with van der Waals surface area (Å²) in [5, 5.41) is 2.82. The van der Waals surface area contributed by atoms with Gasteiger partial charge in [-0.1, -0.05) is 6.07 Å². The van der Waals surface area contributed by atoms with Crippen LogP contribution >= 0.6 is 0 Å². The summed E-state index contributed by atoms with van der Waals surface area (Å²) in [6, 6.07) is 8.63. The van der Waals surface area contributed by atoms with E-state index >= 15 is 0 Å². The summed E-state index contributed by atoms with van der Waals surface area (Å²) in [6.07, 6.45) is 3.06. The Morgan fingerprint density at radius 3 is 2.54 bits per heavy atom. The molecule has 4 rings (SSSR count). The van der Waals surface area contributed by atoms with Crippen molar-refractivity contribution < 1.29 is 23.5 Å². The van der Waals surface area contributed by atoms with Crippen molar-refractivity contribution in [3.8, 4) is 0 Å². The molecule has 0 radical (unpaired) electrons. The molecule has 7 heteroatoms. The van der Waals surface area contributed by atoms with Crippen molar-refractivity contribution in [2.45, 2.75) is 26.1 Å². The van der Waals surface area contributed by atoms with Crippen LogP contribution in [0.25, 0.3) is 0 Å². The van der Waals surface area contributed by atoms with E-state index in [4.69, 9.17) is 13.9 Å². The summed E-state index contributed by atoms with van der Waals surface area (Å²) in [6.45, 7) is 4.54. The summed E-state index contributed by atoms with van der Waals surface area (Å²) in [5.41, 5.74) is 2.05. The van der Waals surface area contributed by atoms with Gasteiger partial charge in [0.25, 0.3) is 11.8 Å². The molecule has 0 aliphatic carbocycles. The number of piperidine rings is 1. The average Bonchev–Trinajstić information content (AvgIpc) is 3.43. The molecule has 2 amide bonds. The van der Waals surface area contributed by atoms with Crippen LogP contribution in [-0.4, -0.2) is 49.3 Å². The van der Waals surface area contributed by atoms with Gasteiger partial charge in [-0.15, -0.1) is 0 Å². The Morgan fingerprint density at radius 1 is 1.11 bits per heavy atom. The van der Waals surface area contributed by atoms with E-state index in [0.717, 1.165) is 18.4 Å². The molecular formula is C21H24N2O5. The van der Waals surface area contributed by atoms with Gasteiger partial charge >= 0.3 is 0 Å². The molecule has 0 saturated carbocycles. The Balaban J connectivity index is 1.41. The number of likely N-dealkylation sites (tertiary alicyclic amines) is 1. The molecule has 0 atom stereocenters. The largest absolute Gasteiger partial charge is 0.459 e. The highest BCUT2D eigenvalue weighted by Crippen LogP contribution is 2.27. The van der Waals surface area contributed by atoms with E-state index in [1.54, 1.807) is 24.3 Å². The molecule has 0 spiro atoms. The second-order valence-electron chi connectivity index (χ2n) is 7.20. The first-order valence-corrected chi connectivity index (χ1v) is 9.60. The summed E-state index contributed by atoms with van der Waals surface area (Å²) in [7, 11) is 0. The van der Waals surface area contributed by atoms with Crippen LogP contribution in [0.5, 0.6) is 0 Å². The van der Waals surface area contributed by atoms with Crippen LogP contribution in [0.3, 0.4) is 0 Å². The van der Waals surface area contributed by atoms with Gasteiger partial charge in [0.15, 0.2) is 12.1 Å². The van der Waals surface area contributed by atoms with E-state index in [1.165, 1.54) is 6.26 Å². The summed E-state index contributed by atoms with van der Waals surface area (Å²) < 4.78 is 16.3. The molecule has 148 valence electrons. The highest BCUT2D eigenvalue weighted by molar-refractivity contribution is 6.03. The van der Waals surface area contributed by atoms with Crippen LogP contribution in [0.2, 0.25) is 0 Å². The minimum absolute atomic E-state index is 0.0276. The maximum atomic E-state index is 12.9. The molecule has 2 aliphatic rings. The zero-order valence-corrected chi connectivity index (χ0v) is 15.8. The summed E-state index contributed by atoms with van der Waals surface area (Å²) in [5.74, 6) is 0.206. The Labute approximate surface area is 163 Å². The Kier molecular flexibility index (Phi) is 5.45. The van der Waals surface area contributed by atoms with Gasteiger partial charge in [0.05, 0.1) is 19.5 Å². The van der Waals surface area contributed by atoms with Crippen LogP contribution < -0.4 is 5.32 Å². The maximum Gasteiger partial charge on any atom is 0.291 e. The number of furan rings is 1. The topological polar surface area (TPSA) is 81.0 Å². The molecular weight excluding hydrogens is 360 g/mol. The van der Waals surface area contributed by atoms with Gasteiger partial charge < -0.3 is 24.1 Å². The number of nitrogens with one attached hydrogen (secondary N) is 1. The van der Waals surface area contributed by atoms with Crippen LogP contribution in [0.15, 0.2) is 41.0 Å². The second-order valence-corrected chi connectivity index (χ2v) is 7.20. The number of rotatable bonds is 4. The average molecular weight is 384 g/mol. The van der Waals surface area contributed by atoms with Crippen molar-refractivity contribution in [1.29, 1.82) is 0 Å². The number of carbonyl (C=O) groups excluding carboxylic acids is 2. The van der Waals surface area contributed by atoms with Gasteiger partial charge in [0.1, 0.15) is 0 Å². The Bertz CT molecular complexity index is 834. The third kappa shape index (κ3) is 3.95. The first-order chi connectivity index (χ1) is 13.6. The number of anilines is 1. The van der Waals surface area contributed by atoms with Gasteiger partial charge in [-0.3, -0.25) is 9.59 Å². The molecule has 2 fully saturated rings. The SMILES string of the molecule is Cc1ccc(C(=O)N2CCC(C3OCCO3)CC2)cc1NC(=O)c1ccco1. The van der Waals surface area contributed by atoms with Crippen LogP contribution in [0.4, 0.5) is 5.69 Å². The predicted octanol–water partition coefficient (Wildman–Crippen LogP) is 3.07. The number of nitrogens with zero attached hydrogens (tertiary/aromatic N) is 1. The van der Waals surface area contributed by atoms with Gasteiger partial charge in [-0.05, 0) is 49.6 Å². The molecule has 7 nitrogen and oxygen atoms in total. The van der Waals surface area contributed by atoms with Gasteiger partial charge in [-0.25, -0.2) is 0 Å². The van der Waals surface area contributed by atoms with Gasteiger partial charge in [-0.2, -0.15) is 0 Å². The third-order valence-electron chi connectivity index (χ3n) is 5.34. The molecule has 1 N–H and O–H groups in total. The quantitative estimate of drug-likeness (QED) is 0.876. The fourth-order valence-corrected chi connectivity index (χ4v) is 3.69. The number of carbonyl (C=O) groups is 2. The first kappa shape index (κ1) is 18.7. The van der Waals surface area contributed by atoms with E-state index in [1.807, 2.05) is 17.9 Å². The normalized spacial score (nSPS) is 18.4. The minimum Gasteiger partial charge on any atom is -0.459 e. The molecule has 1 aromatic heterocycles. The Morgan fingerprint density at radius 2 is 1.86 bits per heavy atom. The molecule has 0 bridgehead atoms. The van der Waals surface area contributed by atoms with E-state index in [-0.39, 0.29) is 23.9 Å². The number of hydrogen-bond donors (Lipinski definition) is 1. The minimum atomic E-state index is -0.338. The fourth-order valence-electron chi connectivity index (χ4n) is 3.69. The number of benzene rings is 1. The number of aryl methyl sites for hydroxylation is 1. The second kappa shape index (κ2) is 8.16. The third-order valence-corrected chi connectivity index (χ3v) is 5.34. The lowest BCUT2D eigenvalue weighted by atomic mass is 9.95. The maximum absolute atomic E-state index is 12.9. The summed E-state index contributed by atoms with van der Waals surface area (Å²) >= 11 is 0. The van der Waals surface area contributed by atoms with Crippen molar-refractivity contribution in [3.63, 3.8) is 0 Å². The lowest BCUT2D eigenvalue weighted by Crippen LogP contribution is -2.41. The zero-order chi connectivity index (χ0) is 19.5. The van der Waals surface area contributed by atoms with Crippen LogP contribution in [0, 0.1) is 12.8 Å². The lowest BCUT2D eigenvalue weighted by molar-refractivity contribution is -0.0956. The van der Waals surface area contributed by atoms with Gasteiger partial charge in [0.2, 0.25) is 0 Å². The summed E-state index contributed by atoms with van der Waals surface area (Å²) in [4.78, 5) is 27.0. The van der Waals surface area contributed by atoms with Crippen molar-refractivity contribution in [1.82, 2.24) is 4.90 Å². The molecule has 2 saturated heterocycles. The number of ether oxygens (including phenoxy) is 2. The molecule has 0 unspecified atom stereocenters. The molecule has 3 heterocycles. The fraction of sp³-hybridized carbons (Fsp3) is 0.429. The molecule has 28 heavy (non-hydrogen) atoms. The predicted molar refractivity (Wildman–Crippen MR) is 102 cm³/mol. The smallest absolute Gasteiger partial charge is 0.291 e. The van der Waals surface area contributed by atoms with Crippen molar-refractivity contribution >= 4 is 17.5 Å². The first-order valence-electron chi connectivity index (χ1n) is 9.60. The van der Waals surface area contributed by atoms with Crippen molar-refractivity contribution in [2.24, 2.45) is 5.92 Å². The number of amides is 2. The van der Waals surface area contributed by atoms with E-state index in [2.05, 4.69) is 5.32 Å². The Hall–Kier alpha value is -2.64. The van der Waals surface area contributed by atoms with E-state index in [9.17, 15) is 9.59 Å². The van der Waals surface area contributed by atoms with E-state index < -0.39 is 0 Å². The molecule has 1 aromatic carbocycles. The monoisotopic (exact) mass is 384 g/mol. The van der Waals surface area contributed by atoms with Crippen LogP contribution in [-0.2, 0) is 9.47 Å². The van der Waals surface area contributed by atoms with E-state index in [0.29, 0.717) is 43.5 Å². The number of hydrogen-bond acceptors (Lipinski definition) is 5. The molecule has 2 aliphatic heterocycles. The lowest BCUT2D eigenvalue weighted by Gasteiger charge is -2.34. The van der Waals surface area contributed by atoms with Gasteiger partial charge in [0, 0.05) is 30.3 Å². The van der Waals surface area contributed by atoms with Crippen molar-refractivity contribution in [3.05, 3.63) is 53.5 Å².